The zero-order valence-electron chi connectivity index (χ0n) is 17.3. The molecular formula is C24H26N2O3S. The third kappa shape index (κ3) is 3.84. The van der Waals surface area contributed by atoms with Gasteiger partial charge in [-0.2, -0.15) is 0 Å². The van der Waals surface area contributed by atoms with Crippen molar-refractivity contribution in [1.29, 1.82) is 0 Å². The molecule has 5 nitrogen and oxygen atoms in total. The molecule has 1 fully saturated rings. The zero-order valence-corrected chi connectivity index (χ0v) is 18.2. The number of rotatable bonds is 6. The Hall–Kier alpha value is -2.73. The van der Waals surface area contributed by atoms with E-state index in [-0.39, 0.29) is 24.5 Å². The highest BCUT2D eigenvalue weighted by Gasteiger charge is 2.44. The fourth-order valence-corrected chi connectivity index (χ4v) is 5.23. The van der Waals surface area contributed by atoms with Gasteiger partial charge in [-0.1, -0.05) is 55.3 Å². The second kappa shape index (κ2) is 8.56. The van der Waals surface area contributed by atoms with Gasteiger partial charge in [0, 0.05) is 7.05 Å². The Morgan fingerprint density at radius 2 is 1.77 bits per heavy atom. The number of hydrogen-bond acceptors (Lipinski definition) is 5. The van der Waals surface area contributed by atoms with Crippen molar-refractivity contribution in [3.63, 3.8) is 0 Å². The maximum absolute atomic E-state index is 13.0. The molecule has 156 valence electrons. The number of amides is 1. The molecule has 3 aromatic rings. The van der Waals surface area contributed by atoms with Crippen LogP contribution in [-0.2, 0) is 19.7 Å². The molecule has 4 rings (SSSR count). The van der Waals surface area contributed by atoms with Gasteiger partial charge in [0.15, 0.2) is 6.61 Å². The van der Waals surface area contributed by atoms with Crippen LogP contribution < -0.4 is 0 Å². The number of carbonyl (C=O) groups excluding carboxylic acids is 2. The average Bonchev–Trinajstić information content (AvgIpc) is 3.45. The van der Waals surface area contributed by atoms with Gasteiger partial charge >= 0.3 is 5.97 Å². The molecule has 1 amide bonds. The second-order valence-electron chi connectivity index (χ2n) is 7.93. The van der Waals surface area contributed by atoms with E-state index in [0.717, 1.165) is 46.5 Å². The predicted molar refractivity (Wildman–Crippen MR) is 118 cm³/mol. The number of para-hydroxylation sites is 1. The van der Waals surface area contributed by atoms with Gasteiger partial charge in [-0.15, -0.1) is 11.3 Å². The van der Waals surface area contributed by atoms with Gasteiger partial charge in [-0.3, -0.25) is 9.59 Å². The second-order valence-corrected chi connectivity index (χ2v) is 8.99. The minimum absolute atomic E-state index is 0.192. The molecule has 0 saturated heterocycles. The third-order valence-corrected chi connectivity index (χ3v) is 7.35. The van der Waals surface area contributed by atoms with E-state index >= 15 is 0 Å². The molecule has 0 bridgehead atoms. The maximum atomic E-state index is 13.0. The van der Waals surface area contributed by atoms with E-state index in [2.05, 4.69) is 4.98 Å². The Kier molecular flexibility index (Phi) is 5.86. The van der Waals surface area contributed by atoms with Crippen molar-refractivity contribution in [2.45, 2.75) is 44.1 Å². The zero-order chi connectivity index (χ0) is 21.1. The van der Waals surface area contributed by atoms with Crippen LogP contribution in [0.1, 0.15) is 49.2 Å². The Labute approximate surface area is 180 Å². The molecular weight excluding hydrogens is 396 g/mol. The molecule has 1 aliphatic rings. The summed E-state index contributed by atoms with van der Waals surface area (Å²) in [7, 11) is 1.73. The minimum atomic E-state index is -0.626. The number of ether oxygens (including phenoxy) is 1. The van der Waals surface area contributed by atoms with Crippen LogP contribution in [0, 0.1) is 0 Å². The molecule has 1 heterocycles. The average molecular weight is 423 g/mol. The number of aromatic nitrogens is 1. The van der Waals surface area contributed by atoms with E-state index in [1.807, 2.05) is 61.5 Å². The first-order valence-corrected chi connectivity index (χ1v) is 11.2. The van der Waals surface area contributed by atoms with E-state index in [4.69, 9.17) is 4.74 Å². The normalized spacial score (nSPS) is 16.3. The number of benzene rings is 2. The molecule has 2 aromatic carbocycles. The Morgan fingerprint density at radius 1 is 1.10 bits per heavy atom. The molecule has 0 aliphatic heterocycles. The fourth-order valence-electron chi connectivity index (χ4n) is 4.16. The molecule has 0 spiro atoms. The van der Waals surface area contributed by atoms with Crippen molar-refractivity contribution in [1.82, 2.24) is 9.88 Å². The number of likely N-dealkylation sites (N-methyl/N-ethyl adjacent to an activating group) is 1. The van der Waals surface area contributed by atoms with E-state index in [1.165, 1.54) is 0 Å². The van der Waals surface area contributed by atoms with E-state index in [0.29, 0.717) is 0 Å². The summed E-state index contributed by atoms with van der Waals surface area (Å²) in [4.78, 5) is 32.1. The highest BCUT2D eigenvalue weighted by molar-refractivity contribution is 7.18. The SMILES string of the molecule is C[C@H](c1nc2ccccc2s1)N(C)C(=O)COC(=O)C1(c2ccccc2)CCCC1. The van der Waals surface area contributed by atoms with Crippen molar-refractivity contribution in [2.24, 2.45) is 0 Å². The summed E-state index contributed by atoms with van der Waals surface area (Å²) < 4.78 is 6.66. The van der Waals surface area contributed by atoms with Crippen molar-refractivity contribution < 1.29 is 14.3 Å². The van der Waals surface area contributed by atoms with Crippen LogP contribution >= 0.6 is 11.3 Å². The van der Waals surface area contributed by atoms with Gasteiger partial charge in [0.2, 0.25) is 0 Å². The van der Waals surface area contributed by atoms with Gasteiger partial charge < -0.3 is 9.64 Å². The lowest BCUT2D eigenvalue weighted by Crippen LogP contribution is -2.38. The Balaban J connectivity index is 1.42. The van der Waals surface area contributed by atoms with Gasteiger partial charge in [0.05, 0.1) is 21.7 Å². The number of esters is 1. The van der Waals surface area contributed by atoms with Crippen molar-refractivity contribution >= 4 is 33.4 Å². The van der Waals surface area contributed by atoms with Crippen molar-refractivity contribution in [3.05, 3.63) is 65.2 Å². The topological polar surface area (TPSA) is 59.5 Å². The highest BCUT2D eigenvalue weighted by atomic mass is 32.1. The van der Waals surface area contributed by atoms with Gasteiger partial charge in [0.1, 0.15) is 5.01 Å². The minimum Gasteiger partial charge on any atom is -0.455 e. The Bertz CT molecular complexity index is 1010. The number of carbonyl (C=O) groups is 2. The first-order chi connectivity index (χ1) is 14.5. The summed E-state index contributed by atoms with van der Waals surface area (Å²) in [6.07, 6.45) is 3.52. The summed E-state index contributed by atoms with van der Waals surface area (Å²) in [6.45, 7) is 1.69. The standard InChI is InChI=1S/C24H26N2O3S/c1-17(22-25-19-12-6-7-13-20(19)30-22)26(2)21(27)16-29-23(28)24(14-8-9-15-24)18-10-4-3-5-11-18/h3-7,10-13,17H,8-9,14-16H2,1-2H3/t17-/m1/s1. The van der Waals surface area contributed by atoms with Crippen molar-refractivity contribution in [3.8, 4) is 0 Å². The lowest BCUT2D eigenvalue weighted by Gasteiger charge is -2.28. The summed E-state index contributed by atoms with van der Waals surface area (Å²) in [6, 6.07) is 17.5. The monoisotopic (exact) mass is 422 g/mol. The lowest BCUT2D eigenvalue weighted by atomic mass is 9.79. The molecule has 30 heavy (non-hydrogen) atoms. The smallest absolute Gasteiger partial charge is 0.317 e. The van der Waals surface area contributed by atoms with Crippen LogP contribution in [0.15, 0.2) is 54.6 Å². The summed E-state index contributed by atoms with van der Waals surface area (Å²) in [5.41, 5.74) is 1.29. The third-order valence-electron chi connectivity index (χ3n) is 6.14. The maximum Gasteiger partial charge on any atom is 0.317 e. The van der Waals surface area contributed by atoms with Crippen LogP contribution in [0.5, 0.6) is 0 Å². The molecule has 0 N–H and O–H groups in total. The molecule has 6 heteroatoms. The van der Waals surface area contributed by atoms with Crippen LogP contribution in [0.4, 0.5) is 0 Å². The Morgan fingerprint density at radius 3 is 2.47 bits per heavy atom. The largest absolute Gasteiger partial charge is 0.455 e. The lowest BCUT2D eigenvalue weighted by molar-refractivity contribution is -0.157. The molecule has 1 atom stereocenters. The highest BCUT2D eigenvalue weighted by Crippen LogP contribution is 2.42. The number of nitrogens with zero attached hydrogens (tertiary/aromatic N) is 2. The first kappa shape index (κ1) is 20.5. The summed E-state index contributed by atoms with van der Waals surface area (Å²) in [5.74, 6) is -0.517. The fraction of sp³-hybridized carbons (Fsp3) is 0.375. The van der Waals surface area contributed by atoms with Gasteiger partial charge in [-0.25, -0.2) is 4.98 Å². The van der Waals surface area contributed by atoms with Crippen LogP contribution in [0.3, 0.4) is 0 Å². The van der Waals surface area contributed by atoms with Crippen LogP contribution in [0.25, 0.3) is 10.2 Å². The number of fused-ring (bicyclic) bond motifs is 1. The van der Waals surface area contributed by atoms with Gasteiger partial charge in [-0.05, 0) is 37.5 Å². The first-order valence-electron chi connectivity index (χ1n) is 10.4. The predicted octanol–water partition coefficient (Wildman–Crippen LogP) is 4.87. The molecule has 1 aromatic heterocycles. The van der Waals surface area contributed by atoms with Crippen LogP contribution in [0.2, 0.25) is 0 Å². The number of thiazole rings is 1. The summed E-state index contributed by atoms with van der Waals surface area (Å²) in [5, 5.41) is 0.870. The molecule has 0 unspecified atom stereocenters. The quantitative estimate of drug-likeness (QED) is 0.532. The molecule has 1 saturated carbocycles. The van der Waals surface area contributed by atoms with Crippen LogP contribution in [-0.4, -0.2) is 35.4 Å². The summed E-state index contributed by atoms with van der Waals surface area (Å²) >= 11 is 1.58. The van der Waals surface area contributed by atoms with E-state index in [9.17, 15) is 9.59 Å². The van der Waals surface area contributed by atoms with E-state index < -0.39 is 5.41 Å². The molecule has 0 radical (unpaired) electrons. The van der Waals surface area contributed by atoms with Crippen molar-refractivity contribution in [2.75, 3.05) is 13.7 Å². The number of hydrogen-bond donors (Lipinski definition) is 0. The molecule has 1 aliphatic carbocycles. The van der Waals surface area contributed by atoms with Gasteiger partial charge in [0.25, 0.3) is 5.91 Å². The van der Waals surface area contributed by atoms with E-state index in [1.54, 1.807) is 23.3 Å².